The maximum Gasteiger partial charge on any atom is 0.338 e. The van der Waals surface area contributed by atoms with Gasteiger partial charge in [0.2, 0.25) is 0 Å². The van der Waals surface area contributed by atoms with Crippen molar-refractivity contribution in [2.24, 2.45) is 0 Å². The molecule has 1 aliphatic rings. The Hall–Kier alpha value is -3.60. The summed E-state index contributed by atoms with van der Waals surface area (Å²) in [5, 5.41) is 14.8. The lowest BCUT2D eigenvalue weighted by Gasteiger charge is -2.29. The Morgan fingerprint density at radius 2 is 1.94 bits per heavy atom. The van der Waals surface area contributed by atoms with E-state index < -0.39 is 39.4 Å². The molecule has 0 saturated carbocycles. The second-order valence-corrected chi connectivity index (χ2v) is 9.24. The fourth-order valence-electron chi connectivity index (χ4n) is 3.39. The quantitative estimate of drug-likeness (QED) is 0.412. The molecule has 1 aliphatic heterocycles. The normalized spacial score (nSPS) is 16.1. The number of halogens is 1. The highest BCUT2D eigenvalue weighted by molar-refractivity contribution is 7.91. The lowest BCUT2D eigenvalue weighted by Crippen LogP contribution is -2.47. The first-order valence-corrected chi connectivity index (χ1v) is 11.6. The van der Waals surface area contributed by atoms with Crippen molar-refractivity contribution in [3.05, 3.63) is 64.6 Å². The molecule has 3 rings (SSSR count). The third kappa shape index (κ3) is 5.08. The Morgan fingerprint density at radius 3 is 2.58 bits per heavy atom. The van der Waals surface area contributed by atoms with Crippen molar-refractivity contribution in [3.8, 4) is 11.5 Å². The van der Waals surface area contributed by atoms with Crippen molar-refractivity contribution in [1.29, 1.82) is 0 Å². The minimum atomic E-state index is -4.07. The van der Waals surface area contributed by atoms with Crippen molar-refractivity contribution in [3.63, 3.8) is 0 Å². The van der Waals surface area contributed by atoms with Crippen LogP contribution in [0.4, 0.5) is 9.18 Å². The molecular weight excluding hydrogens is 455 g/mol. The molecule has 3 N–H and O–H groups in total. The van der Waals surface area contributed by atoms with E-state index in [4.69, 9.17) is 9.47 Å². The Labute approximate surface area is 190 Å². The predicted molar refractivity (Wildman–Crippen MR) is 116 cm³/mol. The van der Waals surface area contributed by atoms with Crippen LogP contribution in [0.15, 0.2) is 52.6 Å². The molecule has 33 heavy (non-hydrogen) atoms. The summed E-state index contributed by atoms with van der Waals surface area (Å²) in [6.07, 6.45) is 0. The van der Waals surface area contributed by atoms with Crippen molar-refractivity contribution >= 4 is 21.8 Å². The first kappa shape index (κ1) is 24.1. The van der Waals surface area contributed by atoms with E-state index in [0.29, 0.717) is 5.56 Å². The van der Waals surface area contributed by atoms with E-state index in [-0.39, 0.29) is 39.8 Å². The minimum Gasteiger partial charge on any atom is -0.504 e. The van der Waals surface area contributed by atoms with Gasteiger partial charge in [0.25, 0.3) is 0 Å². The number of ether oxygens (including phenoxy) is 2. The summed E-state index contributed by atoms with van der Waals surface area (Å²) in [7, 11) is -2.73. The SMILES string of the molecule is CCOC(=O)C1=C(CS(=O)(=O)c2ccc(F)c(C)c2)NC(=O)N[C@@H]1c1ccc(O)c(OC)c1. The lowest BCUT2D eigenvalue weighted by molar-refractivity contribution is -0.139. The molecular formula is C22H23FN2O7S. The predicted octanol–water partition coefficient (Wildman–Crippen LogP) is 2.49. The first-order valence-electron chi connectivity index (χ1n) is 9.90. The molecule has 0 saturated heterocycles. The van der Waals surface area contributed by atoms with Gasteiger partial charge < -0.3 is 25.2 Å². The number of phenolic OH excluding ortho intramolecular Hbond substituents is 1. The number of carbonyl (C=O) groups excluding carboxylic acids is 2. The van der Waals surface area contributed by atoms with Crippen LogP contribution in [0, 0.1) is 12.7 Å². The van der Waals surface area contributed by atoms with Gasteiger partial charge in [0.15, 0.2) is 21.3 Å². The number of benzene rings is 2. The van der Waals surface area contributed by atoms with E-state index in [9.17, 15) is 27.5 Å². The van der Waals surface area contributed by atoms with Gasteiger partial charge in [-0.1, -0.05) is 6.07 Å². The lowest BCUT2D eigenvalue weighted by atomic mass is 9.95. The largest absolute Gasteiger partial charge is 0.504 e. The molecule has 0 bridgehead atoms. The average molecular weight is 478 g/mol. The van der Waals surface area contributed by atoms with Crippen LogP contribution >= 0.6 is 0 Å². The van der Waals surface area contributed by atoms with Crippen molar-refractivity contribution < 1.29 is 37.0 Å². The minimum absolute atomic E-state index is 0.0130. The van der Waals surface area contributed by atoms with Crippen LogP contribution in [-0.4, -0.2) is 45.0 Å². The highest BCUT2D eigenvalue weighted by Gasteiger charge is 2.36. The zero-order valence-corrected chi connectivity index (χ0v) is 19.0. The molecule has 0 aliphatic carbocycles. The molecule has 2 aromatic rings. The summed E-state index contributed by atoms with van der Waals surface area (Å²) in [5.74, 6) is -2.18. The van der Waals surface area contributed by atoms with E-state index in [2.05, 4.69) is 10.6 Å². The highest BCUT2D eigenvalue weighted by Crippen LogP contribution is 2.34. The van der Waals surface area contributed by atoms with Crippen LogP contribution < -0.4 is 15.4 Å². The maximum absolute atomic E-state index is 13.6. The third-order valence-electron chi connectivity index (χ3n) is 5.01. The van der Waals surface area contributed by atoms with E-state index in [1.54, 1.807) is 6.92 Å². The number of sulfone groups is 1. The number of aromatic hydroxyl groups is 1. The number of phenols is 1. The van der Waals surface area contributed by atoms with Crippen LogP contribution in [-0.2, 0) is 19.4 Å². The smallest absolute Gasteiger partial charge is 0.338 e. The summed E-state index contributed by atoms with van der Waals surface area (Å²) in [6.45, 7) is 3.03. The van der Waals surface area contributed by atoms with Gasteiger partial charge in [0, 0.05) is 5.70 Å². The molecule has 9 nitrogen and oxygen atoms in total. The van der Waals surface area contributed by atoms with Gasteiger partial charge in [-0.25, -0.2) is 22.4 Å². The van der Waals surface area contributed by atoms with Crippen LogP contribution in [0.3, 0.4) is 0 Å². The Kier molecular flexibility index (Phi) is 6.92. The third-order valence-corrected chi connectivity index (χ3v) is 6.65. The molecule has 1 atom stereocenters. The molecule has 0 radical (unpaired) electrons. The fraction of sp³-hybridized carbons (Fsp3) is 0.273. The summed E-state index contributed by atoms with van der Waals surface area (Å²) >= 11 is 0. The zero-order chi connectivity index (χ0) is 24.3. The van der Waals surface area contributed by atoms with E-state index in [1.165, 1.54) is 38.3 Å². The first-order chi connectivity index (χ1) is 15.6. The molecule has 1 heterocycles. The van der Waals surface area contributed by atoms with E-state index in [1.807, 2.05) is 0 Å². The van der Waals surface area contributed by atoms with Gasteiger partial charge in [-0.3, -0.25) is 0 Å². The number of nitrogens with one attached hydrogen (secondary N) is 2. The van der Waals surface area contributed by atoms with E-state index >= 15 is 0 Å². The summed E-state index contributed by atoms with van der Waals surface area (Å²) in [6, 6.07) is 5.72. The topological polar surface area (TPSA) is 131 Å². The van der Waals surface area contributed by atoms with Crippen LogP contribution in [0.2, 0.25) is 0 Å². The summed E-state index contributed by atoms with van der Waals surface area (Å²) < 4.78 is 49.9. The summed E-state index contributed by atoms with van der Waals surface area (Å²) in [5.41, 5.74) is 0.206. The molecule has 0 aromatic heterocycles. The van der Waals surface area contributed by atoms with E-state index in [0.717, 1.165) is 12.1 Å². The fourth-order valence-corrected chi connectivity index (χ4v) is 4.80. The number of hydrogen-bond acceptors (Lipinski definition) is 7. The van der Waals surface area contributed by atoms with Gasteiger partial charge in [-0.15, -0.1) is 0 Å². The van der Waals surface area contributed by atoms with Crippen LogP contribution in [0.25, 0.3) is 0 Å². The van der Waals surface area contributed by atoms with Crippen LogP contribution in [0.1, 0.15) is 24.1 Å². The molecule has 0 fully saturated rings. The van der Waals surface area contributed by atoms with Crippen LogP contribution in [0.5, 0.6) is 11.5 Å². The molecule has 176 valence electrons. The number of methoxy groups -OCH3 is 1. The Morgan fingerprint density at radius 1 is 1.21 bits per heavy atom. The van der Waals surface area contributed by atoms with Crippen molar-refractivity contribution in [2.45, 2.75) is 24.8 Å². The number of hydrogen-bond donors (Lipinski definition) is 3. The van der Waals surface area contributed by atoms with Gasteiger partial charge >= 0.3 is 12.0 Å². The van der Waals surface area contributed by atoms with Gasteiger partial charge in [-0.2, -0.15) is 0 Å². The van der Waals surface area contributed by atoms with Gasteiger partial charge in [-0.05, 0) is 55.3 Å². The number of urea groups is 1. The standard InChI is InChI=1S/C22H23FN2O7S/c1-4-32-21(27)19-16(11-33(29,30)14-6-7-15(23)12(2)9-14)24-22(28)25-20(19)13-5-8-17(26)18(10-13)31-3/h5-10,20,26H,4,11H2,1-3H3,(H2,24,25,28)/t20-/m1/s1. The van der Waals surface area contributed by atoms with Gasteiger partial charge in [0.05, 0.1) is 36.0 Å². The molecule has 0 unspecified atom stereocenters. The number of rotatable bonds is 7. The number of amides is 2. The van der Waals surface area contributed by atoms with Gasteiger partial charge in [0.1, 0.15) is 5.82 Å². The van der Waals surface area contributed by atoms with Crippen molar-refractivity contribution in [1.82, 2.24) is 10.6 Å². The Bertz CT molecular complexity index is 1240. The number of esters is 1. The molecule has 2 amide bonds. The molecule has 11 heteroatoms. The number of aryl methyl sites for hydroxylation is 1. The summed E-state index contributed by atoms with van der Waals surface area (Å²) in [4.78, 5) is 25.1. The monoisotopic (exact) mass is 478 g/mol. The number of carbonyl (C=O) groups is 2. The molecule has 0 spiro atoms. The zero-order valence-electron chi connectivity index (χ0n) is 18.1. The van der Waals surface area contributed by atoms with Crippen molar-refractivity contribution in [2.75, 3.05) is 19.5 Å². The second kappa shape index (κ2) is 9.49. The second-order valence-electron chi connectivity index (χ2n) is 7.25. The Balaban J connectivity index is 2.13. The maximum atomic E-state index is 13.6. The molecule has 2 aromatic carbocycles. The average Bonchev–Trinajstić information content (AvgIpc) is 2.75. The highest BCUT2D eigenvalue weighted by atomic mass is 32.2.